The van der Waals surface area contributed by atoms with Crippen molar-refractivity contribution < 1.29 is 18.4 Å². The summed E-state index contributed by atoms with van der Waals surface area (Å²) >= 11 is 0. The number of fused-ring (bicyclic) bond motifs is 1. The molecule has 0 saturated heterocycles. The van der Waals surface area contributed by atoms with E-state index in [-0.39, 0.29) is 23.1 Å². The van der Waals surface area contributed by atoms with Crippen molar-refractivity contribution in [3.05, 3.63) is 47.8 Å². The molecule has 5 rings (SSSR count). The Kier molecular flexibility index (Phi) is 5.85. The summed E-state index contributed by atoms with van der Waals surface area (Å²) in [6.07, 6.45) is 6.60. The quantitative estimate of drug-likeness (QED) is 0.449. The third kappa shape index (κ3) is 4.98. The van der Waals surface area contributed by atoms with Crippen molar-refractivity contribution in [2.45, 2.75) is 39.0 Å². The molecule has 3 aromatic rings. The Morgan fingerprint density at radius 2 is 1.79 bits per heavy atom. The second-order valence-electron chi connectivity index (χ2n) is 9.07. The Balaban J connectivity index is 1.38. The number of hydrogen-bond acceptors (Lipinski definition) is 4. The standard InChI is InChI=1S/C25H25F2N5O2/c1-13-17(8-16-12-29-23(11-21(16)30-13)32-24(33)15-4-5-15)18-9-22(20(27)10-19(18)26)31-25(34)28-7-6-14-2-3-14/h8-12,14-15H,2-7H2,1H3,(H2,28,31,34)(H,29,32,33). The maximum absolute atomic E-state index is 14.8. The number of halogens is 2. The molecule has 2 aliphatic rings. The molecule has 2 fully saturated rings. The minimum Gasteiger partial charge on any atom is -0.338 e. The fourth-order valence-electron chi connectivity index (χ4n) is 3.89. The molecule has 0 aliphatic heterocycles. The van der Waals surface area contributed by atoms with Gasteiger partial charge in [-0.2, -0.15) is 0 Å². The largest absolute Gasteiger partial charge is 0.338 e. The summed E-state index contributed by atoms with van der Waals surface area (Å²) in [4.78, 5) is 33.0. The normalized spacial score (nSPS) is 15.3. The zero-order valence-electron chi connectivity index (χ0n) is 18.8. The minimum absolute atomic E-state index is 0.0508. The van der Waals surface area contributed by atoms with Gasteiger partial charge in [-0.05, 0) is 44.2 Å². The number of amides is 3. The number of pyridine rings is 2. The van der Waals surface area contributed by atoms with E-state index in [0.29, 0.717) is 40.4 Å². The van der Waals surface area contributed by atoms with E-state index in [0.717, 1.165) is 25.3 Å². The van der Waals surface area contributed by atoms with Gasteiger partial charge in [0, 0.05) is 53.0 Å². The maximum atomic E-state index is 14.8. The van der Waals surface area contributed by atoms with Crippen molar-refractivity contribution in [2.24, 2.45) is 11.8 Å². The van der Waals surface area contributed by atoms with Crippen LogP contribution in [-0.4, -0.2) is 28.5 Å². The van der Waals surface area contributed by atoms with Crippen molar-refractivity contribution >= 4 is 34.3 Å². The van der Waals surface area contributed by atoms with Crippen LogP contribution in [-0.2, 0) is 4.79 Å². The molecule has 0 unspecified atom stereocenters. The highest BCUT2D eigenvalue weighted by molar-refractivity contribution is 5.95. The number of carbonyl (C=O) groups is 2. The number of benzene rings is 1. The Hall–Kier alpha value is -3.62. The van der Waals surface area contributed by atoms with E-state index in [2.05, 4.69) is 25.9 Å². The molecular formula is C25H25F2N5O2. The number of anilines is 2. The number of hydrogen-bond donors (Lipinski definition) is 3. The molecule has 34 heavy (non-hydrogen) atoms. The molecule has 2 aliphatic carbocycles. The Labute approximate surface area is 195 Å². The summed E-state index contributed by atoms with van der Waals surface area (Å²) in [6, 6.07) is 4.89. The van der Waals surface area contributed by atoms with Gasteiger partial charge >= 0.3 is 6.03 Å². The molecule has 176 valence electrons. The Bertz CT molecular complexity index is 1290. The lowest BCUT2D eigenvalue weighted by Gasteiger charge is -2.13. The molecule has 2 heterocycles. The first kappa shape index (κ1) is 22.2. The summed E-state index contributed by atoms with van der Waals surface area (Å²) in [5.41, 5.74) is 1.57. The van der Waals surface area contributed by atoms with Gasteiger partial charge in [0.05, 0.1) is 11.2 Å². The van der Waals surface area contributed by atoms with Crippen molar-refractivity contribution in [1.82, 2.24) is 15.3 Å². The predicted octanol–water partition coefficient (Wildman–Crippen LogP) is 5.15. The van der Waals surface area contributed by atoms with E-state index < -0.39 is 17.7 Å². The van der Waals surface area contributed by atoms with Crippen LogP contribution in [0.15, 0.2) is 30.5 Å². The number of urea groups is 1. The molecule has 0 radical (unpaired) electrons. The maximum Gasteiger partial charge on any atom is 0.319 e. The van der Waals surface area contributed by atoms with Gasteiger partial charge < -0.3 is 16.0 Å². The predicted molar refractivity (Wildman–Crippen MR) is 125 cm³/mol. The fourth-order valence-corrected chi connectivity index (χ4v) is 3.89. The van der Waals surface area contributed by atoms with Crippen molar-refractivity contribution in [2.75, 3.05) is 17.2 Å². The molecule has 2 saturated carbocycles. The van der Waals surface area contributed by atoms with Gasteiger partial charge in [0.25, 0.3) is 0 Å². The molecule has 0 bridgehead atoms. The van der Waals surface area contributed by atoms with Gasteiger partial charge in [0.2, 0.25) is 5.91 Å². The van der Waals surface area contributed by atoms with Gasteiger partial charge in [0.15, 0.2) is 0 Å². The molecule has 2 aromatic heterocycles. The summed E-state index contributed by atoms with van der Waals surface area (Å²) in [7, 11) is 0. The number of nitrogens with zero attached hydrogens (tertiary/aromatic N) is 2. The first-order valence-corrected chi connectivity index (χ1v) is 11.5. The molecule has 3 amide bonds. The molecule has 3 N–H and O–H groups in total. The molecule has 1 aromatic carbocycles. The van der Waals surface area contributed by atoms with E-state index in [1.165, 1.54) is 18.9 Å². The zero-order valence-corrected chi connectivity index (χ0v) is 18.8. The summed E-state index contributed by atoms with van der Waals surface area (Å²) in [6.45, 7) is 2.23. The van der Waals surface area contributed by atoms with E-state index in [4.69, 9.17) is 0 Å². The number of aromatic nitrogens is 2. The number of carbonyl (C=O) groups excluding carboxylic acids is 2. The van der Waals surface area contributed by atoms with Gasteiger partial charge in [0.1, 0.15) is 17.5 Å². The van der Waals surface area contributed by atoms with Gasteiger partial charge in [-0.3, -0.25) is 9.78 Å². The highest BCUT2D eigenvalue weighted by atomic mass is 19.1. The van der Waals surface area contributed by atoms with Crippen molar-refractivity contribution in [3.8, 4) is 11.1 Å². The number of aryl methyl sites for hydroxylation is 1. The van der Waals surface area contributed by atoms with Gasteiger partial charge in [-0.15, -0.1) is 0 Å². The van der Waals surface area contributed by atoms with Crippen LogP contribution in [0.4, 0.5) is 25.1 Å². The second-order valence-corrected chi connectivity index (χ2v) is 9.07. The van der Waals surface area contributed by atoms with E-state index in [9.17, 15) is 18.4 Å². The highest BCUT2D eigenvalue weighted by Crippen LogP contribution is 2.34. The van der Waals surface area contributed by atoms with Crippen molar-refractivity contribution in [1.29, 1.82) is 0 Å². The van der Waals surface area contributed by atoms with Crippen LogP contribution in [0.2, 0.25) is 0 Å². The lowest BCUT2D eigenvalue weighted by Crippen LogP contribution is -2.30. The molecule has 0 spiro atoms. The van der Waals surface area contributed by atoms with Crippen LogP contribution in [0.25, 0.3) is 22.0 Å². The topological polar surface area (TPSA) is 96.0 Å². The zero-order chi connectivity index (χ0) is 23.8. The third-order valence-electron chi connectivity index (χ3n) is 6.22. The molecule has 7 nitrogen and oxygen atoms in total. The van der Waals surface area contributed by atoms with Gasteiger partial charge in [-0.25, -0.2) is 18.6 Å². The number of nitrogens with one attached hydrogen (secondary N) is 3. The SMILES string of the molecule is Cc1nc2cc(NC(=O)C3CC3)ncc2cc1-c1cc(NC(=O)NCCC2CC2)c(F)cc1F. The summed E-state index contributed by atoms with van der Waals surface area (Å²) < 4.78 is 29.1. The van der Waals surface area contributed by atoms with Crippen LogP contribution in [0.5, 0.6) is 0 Å². The minimum atomic E-state index is -0.859. The Morgan fingerprint density at radius 1 is 1.00 bits per heavy atom. The van der Waals surface area contributed by atoms with E-state index in [1.807, 2.05) is 0 Å². The summed E-state index contributed by atoms with van der Waals surface area (Å²) in [5, 5.41) is 8.61. The van der Waals surface area contributed by atoms with Crippen LogP contribution >= 0.6 is 0 Å². The first-order valence-electron chi connectivity index (χ1n) is 11.5. The lowest BCUT2D eigenvalue weighted by molar-refractivity contribution is -0.117. The highest BCUT2D eigenvalue weighted by Gasteiger charge is 2.29. The van der Waals surface area contributed by atoms with Crippen LogP contribution < -0.4 is 16.0 Å². The average molecular weight is 466 g/mol. The third-order valence-corrected chi connectivity index (χ3v) is 6.22. The van der Waals surface area contributed by atoms with Crippen LogP contribution in [0, 0.1) is 30.4 Å². The molecule has 0 atom stereocenters. The average Bonchev–Trinajstić information content (AvgIpc) is 3.69. The molecular weight excluding hydrogens is 440 g/mol. The fraction of sp³-hybridized carbons (Fsp3) is 0.360. The van der Waals surface area contributed by atoms with Crippen LogP contribution in [0.1, 0.15) is 37.8 Å². The van der Waals surface area contributed by atoms with Crippen LogP contribution in [0.3, 0.4) is 0 Å². The van der Waals surface area contributed by atoms with Gasteiger partial charge in [-0.1, -0.05) is 12.8 Å². The Morgan fingerprint density at radius 3 is 2.53 bits per heavy atom. The molecule has 9 heteroatoms. The first-order chi connectivity index (χ1) is 16.4. The van der Waals surface area contributed by atoms with E-state index >= 15 is 0 Å². The monoisotopic (exact) mass is 465 g/mol. The summed E-state index contributed by atoms with van der Waals surface area (Å²) in [5.74, 6) is -0.538. The smallest absolute Gasteiger partial charge is 0.319 e. The second kappa shape index (κ2) is 8.96. The van der Waals surface area contributed by atoms with Crippen molar-refractivity contribution in [3.63, 3.8) is 0 Å². The lowest BCUT2D eigenvalue weighted by atomic mass is 10.0. The van der Waals surface area contributed by atoms with E-state index in [1.54, 1.807) is 25.3 Å². The number of rotatable bonds is 7.